The first-order valence-electron chi connectivity index (χ1n) is 6.58. The van der Waals surface area contributed by atoms with Gasteiger partial charge in [-0.25, -0.2) is 0 Å². The Morgan fingerprint density at radius 1 is 0.882 bits per heavy atom. The van der Waals surface area contributed by atoms with Crippen molar-refractivity contribution in [3.63, 3.8) is 0 Å². The Morgan fingerprint density at radius 3 is 2.47 bits per heavy atom. The molecule has 0 aliphatic heterocycles. The first kappa shape index (κ1) is 10.6. The number of hydrogen-bond acceptors (Lipinski definition) is 0. The summed E-state index contributed by atoms with van der Waals surface area (Å²) in [5, 5.41) is 0. The summed E-state index contributed by atoms with van der Waals surface area (Å²) in [7, 11) is 0. The van der Waals surface area contributed by atoms with E-state index < -0.39 is 0 Å². The molecule has 0 heteroatoms. The molecule has 2 aromatic rings. The summed E-state index contributed by atoms with van der Waals surface area (Å²) in [6.45, 7) is 2.24. The van der Waals surface area contributed by atoms with E-state index in [1.807, 2.05) is 0 Å². The van der Waals surface area contributed by atoms with Crippen LogP contribution in [-0.4, -0.2) is 0 Å². The van der Waals surface area contributed by atoms with Crippen molar-refractivity contribution >= 4 is 0 Å². The molecule has 0 saturated heterocycles. The van der Waals surface area contributed by atoms with Crippen molar-refractivity contribution in [1.29, 1.82) is 0 Å². The van der Waals surface area contributed by atoms with Crippen LogP contribution >= 0.6 is 0 Å². The van der Waals surface area contributed by atoms with Crippen molar-refractivity contribution in [3.8, 4) is 11.1 Å². The Bertz CT molecular complexity index is 537. The zero-order chi connectivity index (χ0) is 11.7. The summed E-state index contributed by atoms with van der Waals surface area (Å²) in [4.78, 5) is 0. The van der Waals surface area contributed by atoms with E-state index in [0.29, 0.717) is 0 Å². The maximum Gasteiger partial charge on any atom is -0.0146 e. The Balaban J connectivity index is 2.12. The average Bonchev–Trinajstić information content (AvgIpc) is 2.39. The van der Waals surface area contributed by atoms with E-state index in [1.165, 1.54) is 53.5 Å². The predicted molar refractivity (Wildman–Crippen MR) is 73.3 cm³/mol. The molecule has 0 nitrogen and oxygen atoms in total. The van der Waals surface area contributed by atoms with Crippen molar-refractivity contribution in [2.24, 2.45) is 0 Å². The summed E-state index contributed by atoms with van der Waals surface area (Å²) in [5.74, 6) is 0. The van der Waals surface area contributed by atoms with Crippen molar-refractivity contribution in [1.82, 2.24) is 0 Å². The summed E-state index contributed by atoms with van der Waals surface area (Å²) in [6.07, 6.45) is 4.80. The molecule has 3 rings (SSSR count). The summed E-state index contributed by atoms with van der Waals surface area (Å²) in [6, 6.07) is 15.9. The van der Waals surface area contributed by atoms with Crippen LogP contribution in [-0.2, 0) is 19.3 Å². The van der Waals surface area contributed by atoms with Crippen LogP contribution in [0, 0.1) is 0 Å². The average molecular weight is 222 g/mol. The van der Waals surface area contributed by atoms with E-state index in [9.17, 15) is 0 Å². The second kappa shape index (κ2) is 4.37. The quantitative estimate of drug-likeness (QED) is 0.706. The summed E-state index contributed by atoms with van der Waals surface area (Å²) < 4.78 is 0. The highest BCUT2D eigenvalue weighted by molar-refractivity contribution is 5.73. The van der Waals surface area contributed by atoms with Gasteiger partial charge in [0.2, 0.25) is 0 Å². The molecule has 0 bridgehead atoms. The van der Waals surface area contributed by atoms with E-state index in [-0.39, 0.29) is 0 Å². The number of benzene rings is 2. The van der Waals surface area contributed by atoms with Crippen LogP contribution in [0.3, 0.4) is 0 Å². The zero-order valence-corrected chi connectivity index (χ0v) is 10.4. The molecular formula is C17H18. The fraction of sp³-hybridized carbons (Fsp3) is 0.294. The number of fused-ring (bicyclic) bond motifs is 3. The largest absolute Gasteiger partial charge is 0.0651 e. The fourth-order valence-corrected chi connectivity index (χ4v) is 2.81. The Kier molecular flexibility index (Phi) is 2.72. The molecule has 0 atom stereocenters. The third-order valence-corrected chi connectivity index (χ3v) is 3.68. The van der Waals surface area contributed by atoms with Gasteiger partial charge in [-0.1, -0.05) is 55.8 Å². The van der Waals surface area contributed by atoms with Crippen molar-refractivity contribution in [3.05, 3.63) is 59.2 Å². The maximum atomic E-state index is 2.40. The van der Waals surface area contributed by atoms with Crippen LogP contribution in [0.15, 0.2) is 42.5 Å². The first-order chi connectivity index (χ1) is 8.38. The van der Waals surface area contributed by atoms with Crippen molar-refractivity contribution < 1.29 is 0 Å². The van der Waals surface area contributed by atoms with Crippen molar-refractivity contribution in [2.45, 2.75) is 32.6 Å². The Morgan fingerprint density at radius 2 is 1.65 bits per heavy atom. The topological polar surface area (TPSA) is 0 Å². The van der Waals surface area contributed by atoms with Gasteiger partial charge < -0.3 is 0 Å². The fourth-order valence-electron chi connectivity index (χ4n) is 2.81. The SMILES string of the molecule is CCCc1ccc2c(c1)-c1ccccc1CC2. The molecule has 17 heavy (non-hydrogen) atoms. The van der Waals surface area contributed by atoms with Crippen LogP contribution in [0.25, 0.3) is 11.1 Å². The minimum atomic E-state index is 1.19. The molecule has 1 aliphatic rings. The monoisotopic (exact) mass is 222 g/mol. The second-order valence-electron chi connectivity index (χ2n) is 4.90. The van der Waals surface area contributed by atoms with Gasteiger partial charge in [0.25, 0.3) is 0 Å². The lowest BCUT2D eigenvalue weighted by molar-refractivity contribution is 0.908. The van der Waals surface area contributed by atoms with Gasteiger partial charge in [0, 0.05) is 0 Å². The highest BCUT2D eigenvalue weighted by Crippen LogP contribution is 2.34. The lowest BCUT2D eigenvalue weighted by Gasteiger charge is -2.20. The van der Waals surface area contributed by atoms with Gasteiger partial charge in [-0.05, 0) is 47.1 Å². The van der Waals surface area contributed by atoms with Gasteiger partial charge in [0.05, 0.1) is 0 Å². The molecule has 0 N–H and O–H groups in total. The third kappa shape index (κ3) is 1.88. The van der Waals surface area contributed by atoms with Crippen LogP contribution in [0.2, 0.25) is 0 Å². The molecule has 0 unspecified atom stereocenters. The first-order valence-corrected chi connectivity index (χ1v) is 6.58. The highest BCUT2D eigenvalue weighted by atomic mass is 14.2. The molecule has 0 radical (unpaired) electrons. The second-order valence-corrected chi connectivity index (χ2v) is 4.90. The minimum Gasteiger partial charge on any atom is -0.0651 e. The number of aryl methyl sites for hydroxylation is 3. The van der Waals surface area contributed by atoms with Crippen LogP contribution in [0.5, 0.6) is 0 Å². The normalized spacial score (nSPS) is 13.0. The van der Waals surface area contributed by atoms with E-state index in [4.69, 9.17) is 0 Å². The van der Waals surface area contributed by atoms with Crippen LogP contribution in [0.4, 0.5) is 0 Å². The van der Waals surface area contributed by atoms with Crippen LogP contribution < -0.4 is 0 Å². The molecule has 0 fully saturated rings. The molecule has 0 spiro atoms. The highest BCUT2D eigenvalue weighted by Gasteiger charge is 2.15. The Labute approximate surface area is 103 Å². The van der Waals surface area contributed by atoms with E-state index in [2.05, 4.69) is 49.4 Å². The molecular weight excluding hydrogens is 204 g/mol. The smallest absolute Gasteiger partial charge is 0.0146 e. The van der Waals surface area contributed by atoms with E-state index in [1.54, 1.807) is 0 Å². The molecule has 0 amide bonds. The van der Waals surface area contributed by atoms with Gasteiger partial charge in [-0.15, -0.1) is 0 Å². The van der Waals surface area contributed by atoms with E-state index >= 15 is 0 Å². The Hall–Kier alpha value is -1.56. The molecule has 0 saturated carbocycles. The van der Waals surface area contributed by atoms with Gasteiger partial charge in [0.1, 0.15) is 0 Å². The standard InChI is InChI=1S/C17H18/c1-2-5-13-8-9-15-11-10-14-6-3-4-7-16(14)17(15)12-13/h3-4,6-9,12H,2,5,10-11H2,1H3. The molecule has 1 aliphatic carbocycles. The van der Waals surface area contributed by atoms with Crippen LogP contribution in [0.1, 0.15) is 30.0 Å². The third-order valence-electron chi connectivity index (χ3n) is 3.68. The van der Waals surface area contributed by atoms with Gasteiger partial charge in [0.15, 0.2) is 0 Å². The molecule has 0 aromatic heterocycles. The summed E-state index contributed by atoms with van der Waals surface area (Å²) in [5.41, 5.74) is 7.42. The minimum absolute atomic E-state index is 1.19. The van der Waals surface area contributed by atoms with Gasteiger partial charge in [-0.2, -0.15) is 0 Å². The molecule has 86 valence electrons. The zero-order valence-electron chi connectivity index (χ0n) is 10.4. The molecule has 2 aromatic carbocycles. The predicted octanol–water partition coefficient (Wildman–Crippen LogP) is 4.40. The number of hydrogen-bond donors (Lipinski definition) is 0. The van der Waals surface area contributed by atoms with E-state index in [0.717, 1.165) is 0 Å². The number of rotatable bonds is 2. The van der Waals surface area contributed by atoms with Crippen molar-refractivity contribution in [2.75, 3.05) is 0 Å². The lowest BCUT2D eigenvalue weighted by Crippen LogP contribution is -2.04. The van der Waals surface area contributed by atoms with Gasteiger partial charge in [-0.3, -0.25) is 0 Å². The molecule has 0 heterocycles. The van der Waals surface area contributed by atoms with Gasteiger partial charge >= 0.3 is 0 Å². The lowest BCUT2D eigenvalue weighted by atomic mass is 9.84. The maximum absolute atomic E-state index is 2.40. The summed E-state index contributed by atoms with van der Waals surface area (Å²) >= 11 is 0.